The number of benzene rings is 2. The molecule has 0 bridgehead atoms. The Kier molecular flexibility index (Phi) is 6.21. The van der Waals surface area contributed by atoms with Crippen LogP contribution in [0.25, 0.3) is 0 Å². The third-order valence-corrected chi connectivity index (χ3v) is 5.08. The molecule has 8 nitrogen and oxygen atoms in total. The third kappa shape index (κ3) is 5.56. The number of aromatic nitrogens is 4. The van der Waals surface area contributed by atoms with Gasteiger partial charge in [0, 0.05) is 21.8 Å². The van der Waals surface area contributed by atoms with Crippen molar-refractivity contribution in [2.45, 2.75) is 13.1 Å². The zero-order valence-corrected chi connectivity index (χ0v) is 17.3. The number of halogens is 1. The number of carbonyl (C=O) groups excluding carboxylic acids is 1. The zero-order valence-electron chi connectivity index (χ0n) is 15.7. The normalized spacial score (nSPS) is 10.6. The molecule has 2 aromatic carbocycles. The molecule has 0 aliphatic carbocycles. The molecule has 30 heavy (non-hydrogen) atoms. The van der Waals surface area contributed by atoms with Gasteiger partial charge in [-0.2, -0.15) is 0 Å². The first kappa shape index (κ1) is 19.9. The van der Waals surface area contributed by atoms with Crippen LogP contribution in [0.5, 0.6) is 0 Å². The van der Waals surface area contributed by atoms with E-state index in [0.717, 1.165) is 16.5 Å². The first-order valence-corrected chi connectivity index (χ1v) is 10.4. The molecule has 0 aliphatic heterocycles. The summed E-state index contributed by atoms with van der Waals surface area (Å²) >= 11 is 7.36. The molecular weight excluding hydrogens is 422 g/mol. The van der Waals surface area contributed by atoms with Gasteiger partial charge in [0.15, 0.2) is 5.13 Å². The Morgan fingerprint density at radius 2 is 1.83 bits per heavy atom. The van der Waals surface area contributed by atoms with E-state index >= 15 is 0 Å². The molecule has 0 radical (unpaired) electrons. The van der Waals surface area contributed by atoms with Crippen LogP contribution in [0.3, 0.4) is 0 Å². The second-order valence-corrected chi connectivity index (χ2v) is 7.65. The summed E-state index contributed by atoms with van der Waals surface area (Å²) in [6, 6.07) is 16.4. The maximum Gasteiger partial charge on any atom is 0.319 e. The lowest BCUT2D eigenvalue weighted by Gasteiger charge is -2.06. The van der Waals surface area contributed by atoms with E-state index in [1.54, 1.807) is 35.1 Å². The van der Waals surface area contributed by atoms with Gasteiger partial charge in [-0.25, -0.2) is 14.5 Å². The van der Waals surface area contributed by atoms with E-state index in [-0.39, 0.29) is 12.6 Å². The van der Waals surface area contributed by atoms with Crippen molar-refractivity contribution in [2.75, 3.05) is 10.6 Å². The molecule has 0 fully saturated rings. The van der Waals surface area contributed by atoms with Gasteiger partial charge in [-0.3, -0.25) is 0 Å². The number of hydrogen-bond donors (Lipinski definition) is 3. The van der Waals surface area contributed by atoms with Crippen molar-refractivity contribution < 1.29 is 4.79 Å². The number of para-hydroxylation sites is 1. The van der Waals surface area contributed by atoms with Crippen molar-refractivity contribution in [2.24, 2.45) is 0 Å². The molecule has 3 N–H and O–H groups in total. The van der Waals surface area contributed by atoms with Crippen molar-refractivity contribution in [1.82, 2.24) is 25.3 Å². The number of amides is 2. The molecule has 4 rings (SSSR count). The predicted octanol–water partition coefficient (Wildman–Crippen LogP) is 4.50. The Labute approximate surface area is 181 Å². The standard InChI is InChI=1S/C20H18ClN7OS/c21-14-6-8-16(9-7-14)23-19(29)22-10-17-11-28(27-26-17)12-18-13-30-20(25-18)24-15-4-2-1-3-5-15/h1-9,11,13H,10,12H2,(H,24,25)(H2,22,23,29). The molecule has 0 unspecified atom stereocenters. The number of nitrogens with one attached hydrogen (secondary N) is 3. The van der Waals surface area contributed by atoms with Gasteiger partial charge in [0.25, 0.3) is 0 Å². The highest BCUT2D eigenvalue weighted by Crippen LogP contribution is 2.21. The number of hydrogen-bond acceptors (Lipinski definition) is 6. The summed E-state index contributed by atoms with van der Waals surface area (Å²) in [7, 11) is 0. The summed E-state index contributed by atoms with van der Waals surface area (Å²) in [5.74, 6) is 0. The number of nitrogens with zero attached hydrogens (tertiary/aromatic N) is 4. The number of rotatable bonds is 7. The van der Waals surface area contributed by atoms with Crippen molar-refractivity contribution in [1.29, 1.82) is 0 Å². The van der Waals surface area contributed by atoms with Gasteiger partial charge in [-0.1, -0.05) is 35.0 Å². The van der Waals surface area contributed by atoms with E-state index in [1.807, 2.05) is 35.7 Å². The lowest BCUT2D eigenvalue weighted by Crippen LogP contribution is -2.28. The summed E-state index contributed by atoms with van der Waals surface area (Å²) in [6.45, 7) is 0.758. The lowest BCUT2D eigenvalue weighted by atomic mass is 10.3. The van der Waals surface area contributed by atoms with E-state index < -0.39 is 0 Å². The van der Waals surface area contributed by atoms with Gasteiger partial charge in [-0.15, -0.1) is 16.4 Å². The molecule has 152 valence electrons. The fourth-order valence-corrected chi connectivity index (χ4v) is 3.47. The van der Waals surface area contributed by atoms with Crippen LogP contribution in [0.1, 0.15) is 11.4 Å². The van der Waals surface area contributed by atoms with Crippen molar-refractivity contribution in [3.63, 3.8) is 0 Å². The number of carbonyl (C=O) groups is 1. The Hall–Kier alpha value is -3.43. The maximum atomic E-state index is 12.0. The predicted molar refractivity (Wildman–Crippen MR) is 118 cm³/mol. The molecule has 0 saturated carbocycles. The second-order valence-electron chi connectivity index (χ2n) is 6.36. The van der Waals surface area contributed by atoms with Crippen molar-refractivity contribution in [3.05, 3.63) is 82.6 Å². The van der Waals surface area contributed by atoms with Gasteiger partial charge >= 0.3 is 6.03 Å². The average Bonchev–Trinajstić information content (AvgIpc) is 3.39. The van der Waals surface area contributed by atoms with Crippen LogP contribution in [-0.2, 0) is 13.1 Å². The fourth-order valence-electron chi connectivity index (χ4n) is 2.62. The van der Waals surface area contributed by atoms with Crippen molar-refractivity contribution in [3.8, 4) is 0 Å². The zero-order chi connectivity index (χ0) is 20.8. The van der Waals surface area contributed by atoms with E-state index in [1.165, 1.54) is 11.3 Å². The quantitative estimate of drug-likeness (QED) is 0.394. The summed E-state index contributed by atoms with van der Waals surface area (Å²) in [5.41, 5.74) is 3.18. The lowest BCUT2D eigenvalue weighted by molar-refractivity contribution is 0.251. The first-order valence-electron chi connectivity index (χ1n) is 9.10. The Morgan fingerprint density at radius 1 is 1.03 bits per heavy atom. The van der Waals surface area contributed by atoms with E-state index in [4.69, 9.17) is 11.6 Å². The van der Waals surface area contributed by atoms with Crippen LogP contribution in [0.15, 0.2) is 66.2 Å². The van der Waals surface area contributed by atoms with Crippen molar-refractivity contribution >= 4 is 45.5 Å². The topological polar surface area (TPSA) is 96.8 Å². The van der Waals surface area contributed by atoms with Gasteiger partial charge in [-0.05, 0) is 36.4 Å². The minimum Gasteiger partial charge on any atom is -0.332 e. The largest absolute Gasteiger partial charge is 0.332 e. The van der Waals surface area contributed by atoms with Crippen LogP contribution >= 0.6 is 22.9 Å². The van der Waals surface area contributed by atoms with E-state index in [2.05, 4.69) is 31.2 Å². The maximum absolute atomic E-state index is 12.0. The van der Waals surface area contributed by atoms with Gasteiger partial charge in [0.2, 0.25) is 0 Å². The van der Waals surface area contributed by atoms with Crippen LogP contribution in [0.4, 0.5) is 21.3 Å². The molecule has 2 aromatic heterocycles. The molecule has 0 spiro atoms. The van der Waals surface area contributed by atoms with Crippen LogP contribution < -0.4 is 16.0 Å². The summed E-state index contributed by atoms with van der Waals surface area (Å²) in [5, 5.41) is 20.3. The van der Waals surface area contributed by atoms with Gasteiger partial charge in [0.05, 0.1) is 25.0 Å². The molecule has 10 heteroatoms. The highest BCUT2D eigenvalue weighted by molar-refractivity contribution is 7.13. The molecule has 0 aliphatic rings. The molecular formula is C20H18ClN7OS. The molecule has 0 atom stereocenters. The van der Waals surface area contributed by atoms with Gasteiger partial charge < -0.3 is 16.0 Å². The Morgan fingerprint density at radius 3 is 2.63 bits per heavy atom. The number of urea groups is 1. The average molecular weight is 440 g/mol. The molecule has 2 heterocycles. The summed E-state index contributed by atoms with van der Waals surface area (Å²) in [6.07, 6.45) is 1.78. The Bertz CT molecular complexity index is 1110. The van der Waals surface area contributed by atoms with Crippen LogP contribution in [0, 0.1) is 0 Å². The first-order chi connectivity index (χ1) is 14.6. The minimum atomic E-state index is -0.331. The molecule has 0 saturated heterocycles. The van der Waals surface area contributed by atoms with E-state index in [0.29, 0.717) is 22.9 Å². The second kappa shape index (κ2) is 9.38. The molecule has 4 aromatic rings. The summed E-state index contributed by atoms with van der Waals surface area (Å²) < 4.78 is 1.69. The SMILES string of the molecule is O=C(NCc1cn(Cc2csc(Nc3ccccc3)n2)nn1)Nc1ccc(Cl)cc1. The number of anilines is 3. The molecule has 2 amide bonds. The Balaban J connectivity index is 1.27. The van der Waals surface area contributed by atoms with E-state index in [9.17, 15) is 4.79 Å². The van der Waals surface area contributed by atoms with Crippen LogP contribution in [0.2, 0.25) is 5.02 Å². The monoisotopic (exact) mass is 439 g/mol. The summed E-state index contributed by atoms with van der Waals surface area (Å²) in [4.78, 5) is 16.6. The van der Waals surface area contributed by atoms with Gasteiger partial charge in [0.1, 0.15) is 5.69 Å². The van der Waals surface area contributed by atoms with Crippen LogP contribution in [-0.4, -0.2) is 26.0 Å². The minimum absolute atomic E-state index is 0.261. The highest BCUT2D eigenvalue weighted by Gasteiger charge is 2.08. The number of thiazole rings is 1. The third-order valence-electron chi connectivity index (χ3n) is 4.02. The highest BCUT2D eigenvalue weighted by atomic mass is 35.5. The fraction of sp³-hybridized carbons (Fsp3) is 0.100. The smallest absolute Gasteiger partial charge is 0.319 e.